The van der Waals surface area contributed by atoms with E-state index in [1.165, 1.54) is 0 Å². The van der Waals surface area contributed by atoms with Crippen LogP contribution in [0.15, 0.2) is 16.7 Å². The Morgan fingerprint density at radius 2 is 2.20 bits per heavy atom. The Balaban J connectivity index is 3.06. The van der Waals surface area contributed by atoms with Gasteiger partial charge in [-0.15, -0.1) is 11.6 Å². The van der Waals surface area contributed by atoms with Crippen molar-refractivity contribution in [2.45, 2.75) is 5.88 Å². The minimum Gasteiger partial charge on any atom is -0.245 e. The molecule has 0 aromatic carbocycles. The molecule has 0 N–H and O–H groups in total. The molecule has 0 fully saturated rings. The van der Waals surface area contributed by atoms with Gasteiger partial charge < -0.3 is 0 Å². The number of nitrogens with zero attached hydrogens (tertiary/aromatic N) is 1. The lowest BCUT2D eigenvalue weighted by Gasteiger charge is -1.95. The first-order chi connectivity index (χ1) is 4.72. The molecule has 0 saturated carbocycles. The van der Waals surface area contributed by atoms with Crippen molar-refractivity contribution in [2.24, 2.45) is 0 Å². The number of halogens is 3. The molecule has 0 saturated heterocycles. The molecule has 10 heavy (non-hydrogen) atoms. The van der Waals surface area contributed by atoms with Gasteiger partial charge in [-0.05, 0) is 28.1 Å². The Kier molecular flexibility index (Phi) is 2.96. The van der Waals surface area contributed by atoms with Crippen LogP contribution < -0.4 is 0 Å². The smallest absolute Gasteiger partial charge is 0.107 e. The molecule has 0 spiro atoms. The van der Waals surface area contributed by atoms with Gasteiger partial charge in [0.15, 0.2) is 0 Å². The van der Waals surface area contributed by atoms with Crippen molar-refractivity contribution in [3.05, 3.63) is 27.5 Å². The largest absolute Gasteiger partial charge is 0.245 e. The van der Waals surface area contributed by atoms with Crippen LogP contribution in [-0.4, -0.2) is 4.98 Å². The highest BCUT2D eigenvalue weighted by molar-refractivity contribution is 9.10. The maximum absolute atomic E-state index is 5.70. The number of pyridine rings is 1. The van der Waals surface area contributed by atoms with Crippen LogP contribution in [0.1, 0.15) is 5.69 Å². The number of hydrogen-bond donors (Lipinski definition) is 0. The number of rotatable bonds is 1. The lowest BCUT2D eigenvalue weighted by molar-refractivity contribution is 1.14. The van der Waals surface area contributed by atoms with Crippen LogP contribution in [0, 0.1) is 0 Å². The van der Waals surface area contributed by atoms with Gasteiger partial charge in [-0.1, -0.05) is 11.6 Å². The van der Waals surface area contributed by atoms with Crippen molar-refractivity contribution in [1.82, 2.24) is 4.98 Å². The zero-order valence-corrected chi connectivity index (χ0v) is 8.04. The molecule has 0 unspecified atom stereocenters. The zero-order valence-electron chi connectivity index (χ0n) is 4.94. The number of aromatic nitrogens is 1. The summed E-state index contributed by atoms with van der Waals surface area (Å²) in [4.78, 5) is 4.05. The van der Waals surface area contributed by atoms with E-state index in [0.717, 1.165) is 10.3 Å². The van der Waals surface area contributed by atoms with Gasteiger partial charge in [0, 0.05) is 5.02 Å². The van der Waals surface area contributed by atoms with Gasteiger partial charge in [-0.25, -0.2) is 4.98 Å². The maximum Gasteiger partial charge on any atom is 0.107 e. The topological polar surface area (TPSA) is 12.9 Å². The van der Waals surface area contributed by atoms with Gasteiger partial charge in [0.05, 0.1) is 11.6 Å². The fraction of sp³-hybridized carbons (Fsp3) is 0.167. The molecule has 0 aliphatic carbocycles. The summed E-state index contributed by atoms with van der Waals surface area (Å²) in [6.45, 7) is 0. The van der Waals surface area contributed by atoms with Crippen LogP contribution in [0.5, 0.6) is 0 Å². The summed E-state index contributed by atoms with van der Waals surface area (Å²) in [5.41, 5.74) is 0.779. The van der Waals surface area contributed by atoms with E-state index >= 15 is 0 Å². The third-order valence-electron chi connectivity index (χ3n) is 0.949. The van der Waals surface area contributed by atoms with Gasteiger partial charge in [0.2, 0.25) is 0 Å². The standard InChI is InChI=1S/C6H4BrCl2N/c7-6-2-4(9)1-5(3-8)10-6/h1-2H,3H2. The van der Waals surface area contributed by atoms with E-state index in [1.54, 1.807) is 12.1 Å². The van der Waals surface area contributed by atoms with Crippen molar-refractivity contribution in [3.8, 4) is 0 Å². The third kappa shape index (κ3) is 2.11. The molecule has 54 valence electrons. The second-order valence-electron chi connectivity index (χ2n) is 1.73. The second kappa shape index (κ2) is 3.56. The highest BCUT2D eigenvalue weighted by Gasteiger charge is 1.96. The Hall–Kier alpha value is 0.210. The van der Waals surface area contributed by atoms with Gasteiger partial charge in [-0.3, -0.25) is 0 Å². The van der Waals surface area contributed by atoms with Crippen molar-refractivity contribution in [1.29, 1.82) is 0 Å². The van der Waals surface area contributed by atoms with Crippen LogP contribution in [0.4, 0.5) is 0 Å². The normalized spacial score (nSPS) is 9.90. The highest BCUT2D eigenvalue weighted by Crippen LogP contribution is 2.16. The van der Waals surface area contributed by atoms with Crippen LogP contribution in [0.3, 0.4) is 0 Å². The molecule has 1 nitrogen and oxygen atoms in total. The van der Waals surface area contributed by atoms with Crippen LogP contribution >= 0.6 is 39.1 Å². The van der Waals surface area contributed by atoms with E-state index in [1.807, 2.05) is 0 Å². The molecule has 1 aromatic rings. The first-order valence-corrected chi connectivity index (χ1v) is 4.31. The van der Waals surface area contributed by atoms with Crippen molar-refractivity contribution >= 4 is 39.1 Å². The van der Waals surface area contributed by atoms with E-state index in [4.69, 9.17) is 23.2 Å². The molecule has 1 heterocycles. The summed E-state index contributed by atoms with van der Waals surface area (Å²) in [5, 5.41) is 0.650. The Morgan fingerprint density at radius 3 is 2.70 bits per heavy atom. The Labute approximate surface area is 77.5 Å². The van der Waals surface area contributed by atoms with E-state index < -0.39 is 0 Å². The molecule has 0 amide bonds. The van der Waals surface area contributed by atoms with E-state index in [2.05, 4.69) is 20.9 Å². The summed E-state index contributed by atoms with van der Waals surface area (Å²) >= 11 is 14.4. The van der Waals surface area contributed by atoms with Crippen molar-refractivity contribution in [2.75, 3.05) is 0 Å². The summed E-state index contributed by atoms with van der Waals surface area (Å²) in [5.74, 6) is 0.388. The summed E-state index contributed by atoms with van der Waals surface area (Å²) in [6, 6.07) is 3.46. The third-order valence-corrected chi connectivity index (χ3v) is 1.85. The molecular weight excluding hydrogens is 237 g/mol. The molecule has 4 heteroatoms. The second-order valence-corrected chi connectivity index (χ2v) is 3.25. The quantitative estimate of drug-likeness (QED) is 0.543. The molecule has 0 radical (unpaired) electrons. The summed E-state index contributed by atoms with van der Waals surface area (Å²) < 4.78 is 0.718. The lowest BCUT2D eigenvalue weighted by atomic mass is 10.4. The van der Waals surface area contributed by atoms with E-state index in [-0.39, 0.29) is 0 Å². The molecule has 0 aliphatic rings. The Bertz CT molecular complexity index is 219. The predicted octanol–water partition coefficient (Wildman–Crippen LogP) is 3.24. The van der Waals surface area contributed by atoms with Gasteiger partial charge in [0.25, 0.3) is 0 Å². The fourth-order valence-electron chi connectivity index (χ4n) is 0.585. The van der Waals surface area contributed by atoms with Crippen LogP contribution in [-0.2, 0) is 5.88 Å². The number of hydrogen-bond acceptors (Lipinski definition) is 1. The molecule has 0 atom stereocenters. The Morgan fingerprint density at radius 1 is 1.50 bits per heavy atom. The van der Waals surface area contributed by atoms with Gasteiger partial charge >= 0.3 is 0 Å². The molecule has 1 rings (SSSR count). The monoisotopic (exact) mass is 239 g/mol. The predicted molar refractivity (Wildman–Crippen MR) is 46.5 cm³/mol. The first kappa shape index (κ1) is 8.31. The average Bonchev–Trinajstić information content (AvgIpc) is 1.85. The fourth-order valence-corrected chi connectivity index (χ4v) is 1.56. The average molecular weight is 241 g/mol. The minimum absolute atomic E-state index is 0.388. The highest BCUT2D eigenvalue weighted by atomic mass is 79.9. The molecule has 0 aliphatic heterocycles. The van der Waals surface area contributed by atoms with Crippen LogP contribution in [0.25, 0.3) is 0 Å². The van der Waals surface area contributed by atoms with E-state index in [0.29, 0.717) is 10.9 Å². The van der Waals surface area contributed by atoms with E-state index in [9.17, 15) is 0 Å². The SMILES string of the molecule is ClCc1cc(Cl)cc(Br)n1. The van der Waals surface area contributed by atoms with Gasteiger partial charge in [0.1, 0.15) is 4.60 Å². The van der Waals surface area contributed by atoms with Crippen molar-refractivity contribution < 1.29 is 0 Å². The van der Waals surface area contributed by atoms with Crippen LogP contribution in [0.2, 0.25) is 5.02 Å². The zero-order chi connectivity index (χ0) is 7.56. The van der Waals surface area contributed by atoms with Gasteiger partial charge in [-0.2, -0.15) is 0 Å². The number of alkyl halides is 1. The minimum atomic E-state index is 0.388. The first-order valence-electron chi connectivity index (χ1n) is 2.60. The molecule has 0 bridgehead atoms. The molecule has 1 aromatic heterocycles. The summed E-state index contributed by atoms with van der Waals surface area (Å²) in [6.07, 6.45) is 0. The van der Waals surface area contributed by atoms with Crippen molar-refractivity contribution in [3.63, 3.8) is 0 Å². The molecular formula is C6H4BrCl2N. The maximum atomic E-state index is 5.70. The summed E-state index contributed by atoms with van der Waals surface area (Å²) in [7, 11) is 0. The lowest BCUT2D eigenvalue weighted by Crippen LogP contribution is -1.84.